The molecule has 0 fully saturated rings. The molecule has 3 N–H and O–H groups in total. The van der Waals surface area contributed by atoms with Crippen LogP contribution in [0.4, 0.5) is 17.2 Å². The van der Waals surface area contributed by atoms with E-state index in [9.17, 15) is 9.59 Å². The van der Waals surface area contributed by atoms with Gasteiger partial charge in [-0.2, -0.15) is 0 Å². The van der Waals surface area contributed by atoms with Crippen molar-refractivity contribution in [3.05, 3.63) is 132 Å². The van der Waals surface area contributed by atoms with E-state index < -0.39 is 11.9 Å². The van der Waals surface area contributed by atoms with Crippen molar-refractivity contribution in [1.29, 1.82) is 0 Å². The fourth-order valence-corrected chi connectivity index (χ4v) is 4.13. The molecule has 1 amide bonds. The monoisotopic (exact) mass is 584 g/mol. The van der Waals surface area contributed by atoms with Gasteiger partial charge in [-0.15, -0.1) is 0 Å². The molecule has 0 atom stereocenters. The van der Waals surface area contributed by atoms with Gasteiger partial charge in [-0.25, -0.2) is 14.8 Å². The third kappa shape index (κ3) is 8.06. The lowest BCUT2D eigenvalue weighted by Crippen LogP contribution is -2.09. The van der Waals surface area contributed by atoms with Crippen molar-refractivity contribution >= 4 is 40.0 Å². The second-order valence-electron chi connectivity index (χ2n) is 9.38. The molecule has 0 radical (unpaired) electrons. The van der Waals surface area contributed by atoms with Crippen LogP contribution in [-0.2, 0) is 16.1 Å². The summed E-state index contributed by atoms with van der Waals surface area (Å²) in [5.74, 6) is 5.29. The summed E-state index contributed by atoms with van der Waals surface area (Å²) in [5.41, 5.74) is 2.76. The Bertz CT molecular complexity index is 1850. The molecule has 0 unspecified atom stereocenters. The number of aliphatic hydroxyl groups excluding tert-OH is 1. The fraction of sp³-hybridized carbons (Fsp3) is 0.0857. The van der Waals surface area contributed by atoms with Crippen molar-refractivity contribution < 1.29 is 24.2 Å². The van der Waals surface area contributed by atoms with E-state index in [1.54, 1.807) is 48.6 Å². The first kappa shape index (κ1) is 29.5. The Kier molecular flexibility index (Phi) is 9.91. The average molecular weight is 585 g/mol. The van der Waals surface area contributed by atoms with Crippen LogP contribution in [0.1, 0.15) is 22.3 Å². The molecule has 0 spiro atoms. The molecule has 0 bridgehead atoms. The van der Waals surface area contributed by atoms with Crippen molar-refractivity contribution in [3.63, 3.8) is 0 Å². The maximum absolute atomic E-state index is 13.4. The van der Waals surface area contributed by atoms with Crippen molar-refractivity contribution in [1.82, 2.24) is 9.97 Å². The maximum atomic E-state index is 13.4. The highest BCUT2D eigenvalue weighted by atomic mass is 16.5. The fourth-order valence-electron chi connectivity index (χ4n) is 4.13. The Morgan fingerprint density at radius 2 is 1.70 bits per heavy atom. The van der Waals surface area contributed by atoms with Crippen LogP contribution in [0.3, 0.4) is 0 Å². The minimum absolute atomic E-state index is 0.0995. The van der Waals surface area contributed by atoms with Crippen LogP contribution in [0.5, 0.6) is 5.75 Å². The molecule has 3 aromatic carbocycles. The van der Waals surface area contributed by atoms with Gasteiger partial charge in [0.25, 0.3) is 5.91 Å². The number of nitrogens with one attached hydrogen (secondary N) is 2. The lowest BCUT2D eigenvalue weighted by Gasteiger charge is -2.15. The molecule has 9 nitrogen and oxygen atoms in total. The smallest absolute Gasteiger partial charge is 0.342 e. The van der Waals surface area contributed by atoms with Crippen LogP contribution in [0.15, 0.2) is 121 Å². The summed E-state index contributed by atoms with van der Waals surface area (Å²) in [6.07, 6.45) is 14.6. The zero-order chi connectivity index (χ0) is 30.6. The Balaban J connectivity index is 1.43. The molecule has 1 aliphatic carbocycles. The summed E-state index contributed by atoms with van der Waals surface area (Å²) in [6.45, 7) is -0.0195. The van der Waals surface area contributed by atoms with E-state index in [0.29, 0.717) is 39.6 Å². The molecule has 0 saturated carbocycles. The van der Waals surface area contributed by atoms with E-state index in [0.717, 1.165) is 5.56 Å². The third-order valence-corrected chi connectivity index (χ3v) is 6.20. The van der Waals surface area contributed by atoms with Gasteiger partial charge in [-0.3, -0.25) is 4.79 Å². The largest absolute Gasteiger partial charge is 0.457 e. The van der Waals surface area contributed by atoms with E-state index in [4.69, 9.17) is 14.6 Å². The molecule has 1 heterocycles. The molecular formula is C35H28N4O5. The maximum Gasteiger partial charge on any atom is 0.342 e. The predicted octanol–water partition coefficient (Wildman–Crippen LogP) is 6.00. The molecule has 218 valence electrons. The first-order valence-electron chi connectivity index (χ1n) is 13.8. The van der Waals surface area contributed by atoms with E-state index in [1.165, 1.54) is 6.33 Å². The van der Waals surface area contributed by atoms with E-state index in [2.05, 4.69) is 32.4 Å². The van der Waals surface area contributed by atoms with Crippen molar-refractivity contribution in [3.8, 4) is 17.6 Å². The van der Waals surface area contributed by atoms with Gasteiger partial charge in [0.1, 0.15) is 35.8 Å². The highest BCUT2D eigenvalue weighted by Gasteiger charge is 2.18. The summed E-state index contributed by atoms with van der Waals surface area (Å²) in [4.78, 5) is 34.3. The van der Waals surface area contributed by atoms with Crippen LogP contribution >= 0.6 is 0 Å². The summed E-state index contributed by atoms with van der Waals surface area (Å²) in [6, 6.07) is 19.7. The van der Waals surface area contributed by atoms with Gasteiger partial charge < -0.3 is 25.2 Å². The summed E-state index contributed by atoms with van der Waals surface area (Å²) in [7, 11) is 0. The topological polar surface area (TPSA) is 123 Å². The lowest BCUT2D eigenvalue weighted by atomic mass is 10.1. The van der Waals surface area contributed by atoms with Crippen LogP contribution in [0.2, 0.25) is 0 Å². The standard InChI is InChI=1S/C35H28N4O5/c40-20-10-9-15-33(41)38-26-16-18-31-29(21-26)34(37-24-36-31)39-27-17-19-32(44-28-13-7-2-1-3-8-14-28)30(22-27)35(42)43-23-25-11-5-4-6-12-25/h1-8,11-14,16-19,21-22,24,40H,10,20,23H2,(H,38,41)(H,36,37,39)/b2-1-,3-1?,7-2?,8-3-,13-7-,14-8?,28-13?,28-14+. The second kappa shape index (κ2) is 14.8. The lowest BCUT2D eigenvalue weighted by molar-refractivity contribution is -0.111. The number of fused-ring (bicyclic) bond motifs is 1. The second-order valence-corrected chi connectivity index (χ2v) is 9.38. The quantitative estimate of drug-likeness (QED) is 0.162. The van der Waals surface area contributed by atoms with Crippen LogP contribution in [-0.4, -0.2) is 33.6 Å². The minimum atomic E-state index is -0.557. The van der Waals surface area contributed by atoms with Gasteiger partial charge in [0, 0.05) is 23.2 Å². The molecule has 1 aliphatic rings. The zero-order valence-corrected chi connectivity index (χ0v) is 23.6. The Morgan fingerprint density at radius 1 is 0.886 bits per heavy atom. The number of aromatic nitrogens is 2. The molecule has 1 aromatic heterocycles. The van der Waals surface area contributed by atoms with Gasteiger partial charge in [0.15, 0.2) is 0 Å². The van der Waals surface area contributed by atoms with Crippen molar-refractivity contribution in [2.75, 3.05) is 17.2 Å². The average Bonchev–Trinajstić information content (AvgIpc) is 3.02. The number of aliphatic hydroxyl groups is 1. The predicted molar refractivity (Wildman–Crippen MR) is 169 cm³/mol. The van der Waals surface area contributed by atoms with Gasteiger partial charge >= 0.3 is 5.97 Å². The number of benzene rings is 3. The SMILES string of the molecule is O=C(C#CCCO)Nc1ccc2ncnc(Nc3ccc(OC4=C/C=C\C=C/C=C\4)c(C(=O)OCc4ccccc4)c3)c2c1. The highest BCUT2D eigenvalue weighted by Crippen LogP contribution is 2.30. The minimum Gasteiger partial charge on any atom is -0.457 e. The number of anilines is 3. The molecule has 4 aromatic rings. The molecule has 9 heteroatoms. The number of carbonyl (C=O) groups is 2. The number of allylic oxidation sites excluding steroid dienone is 7. The number of esters is 1. The zero-order valence-electron chi connectivity index (χ0n) is 23.6. The summed E-state index contributed by atoms with van der Waals surface area (Å²) in [5, 5.41) is 15.5. The molecule has 44 heavy (non-hydrogen) atoms. The number of nitrogens with zero attached hydrogens (tertiary/aromatic N) is 2. The molecular weight excluding hydrogens is 556 g/mol. The normalized spacial score (nSPS) is 15.2. The molecule has 0 aliphatic heterocycles. The van der Waals surface area contributed by atoms with Crippen molar-refractivity contribution in [2.45, 2.75) is 13.0 Å². The first-order chi connectivity index (χ1) is 21.6. The Labute approximate surface area is 254 Å². The van der Waals surface area contributed by atoms with E-state index in [1.807, 2.05) is 60.7 Å². The van der Waals surface area contributed by atoms with Gasteiger partial charge in [0.05, 0.1) is 12.1 Å². The van der Waals surface area contributed by atoms with Gasteiger partial charge in [-0.1, -0.05) is 66.6 Å². The number of carbonyl (C=O) groups excluding carboxylic acids is 2. The first-order valence-corrected chi connectivity index (χ1v) is 13.8. The van der Waals surface area contributed by atoms with E-state index in [-0.39, 0.29) is 25.2 Å². The van der Waals surface area contributed by atoms with Gasteiger partial charge in [-0.05, 0) is 60.0 Å². The highest BCUT2D eigenvalue weighted by molar-refractivity contribution is 6.05. The summed E-state index contributed by atoms with van der Waals surface area (Å²) >= 11 is 0. The van der Waals surface area contributed by atoms with Crippen LogP contribution in [0, 0.1) is 11.8 Å². The number of hydrogen-bond donors (Lipinski definition) is 3. The summed E-state index contributed by atoms with van der Waals surface area (Å²) < 4.78 is 11.8. The molecule has 5 rings (SSSR count). The number of rotatable bonds is 9. The Morgan fingerprint density at radius 3 is 2.57 bits per heavy atom. The number of ether oxygens (including phenoxy) is 2. The number of hydrogen-bond acceptors (Lipinski definition) is 8. The Hall–Kier alpha value is -5.98. The van der Waals surface area contributed by atoms with Crippen molar-refractivity contribution in [2.24, 2.45) is 0 Å². The van der Waals surface area contributed by atoms with E-state index >= 15 is 0 Å². The van der Waals surface area contributed by atoms with Gasteiger partial charge in [0.2, 0.25) is 0 Å². The number of amides is 1. The van der Waals surface area contributed by atoms with Crippen LogP contribution < -0.4 is 15.4 Å². The third-order valence-electron chi connectivity index (χ3n) is 6.20. The molecule has 0 saturated heterocycles. The van der Waals surface area contributed by atoms with Crippen LogP contribution in [0.25, 0.3) is 10.9 Å².